The Bertz CT molecular complexity index is 529. The van der Waals surface area contributed by atoms with E-state index in [4.69, 9.17) is 14.9 Å². The number of aryl methyl sites for hydroxylation is 2. The fourth-order valence-corrected chi connectivity index (χ4v) is 1.85. The normalized spacial score (nSPS) is 10.2. The zero-order chi connectivity index (χ0) is 15.4. The number of carbonyl (C=O) groups excluding carboxylic acids is 1. The molecule has 0 unspecified atom stereocenters. The van der Waals surface area contributed by atoms with E-state index in [2.05, 4.69) is 0 Å². The van der Waals surface area contributed by atoms with Crippen molar-refractivity contribution in [2.75, 3.05) is 7.11 Å². The minimum Gasteiger partial charge on any atom is -0.496 e. The SMILES string of the molecule is COc1c(C)cc(C(=O)NC(C(=O)O)C(=O)O)cc1C. The first kappa shape index (κ1) is 15.5. The highest BCUT2D eigenvalue weighted by Crippen LogP contribution is 2.24. The van der Waals surface area contributed by atoms with Gasteiger partial charge in [0.1, 0.15) is 5.75 Å². The number of nitrogens with one attached hydrogen (secondary N) is 1. The maximum absolute atomic E-state index is 11.9. The number of ether oxygens (including phenoxy) is 1. The fourth-order valence-electron chi connectivity index (χ4n) is 1.85. The first-order valence-corrected chi connectivity index (χ1v) is 5.69. The summed E-state index contributed by atoms with van der Waals surface area (Å²) in [6.45, 7) is 3.46. The maximum Gasteiger partial charge on any atom is 0.338 e. The number of hydrogen-bond donors (Lipinski definition) is 3. The highest BCUT2D eigenvalue weighted by Gasteiger charge is 2.28. The quantitative estimate of drug-likeness (QED) is 0.680. The van der Waals surface area contributed by atoms with Gasteiger partial charge in [-0.3, -0.25) is 4.79 Å². The Balaban J connectivity index is 3.04. The molecule has 7 heteroatoms. The average Bonchev–Trinajstić information content (AvgIpc) is 2.34. The van der Waals surface area contributed by atoms with Crippen molar-refractivity contribution in [2.45, 2.75) is 19.9 Å². The highest BCUT2D eigenvalue weighted by atomic mass is 16.5. The summed E-state index contributed by atoms with van der Waals surface area (Å²) in [5.74, 6) is -3.41. The van der Waals surface area contributed by atoms with E-state index in [-0.39, 0.29) is 5.56 Å². The van der Waals surface area contributed by atoms with Crippen molar-refractivity contribution >= 4 is 17.8 Å². The van der Waals surface area contributed by atoms with Crippen LogP contribution < -0.4 is 10.1 Å². The average molecular weight is 281 g/mol. The van der Waals surface area contributed by atoms with E-state index in [0.29, 0.717) is 16.9 Å². The smallest absolute Gasteiger partial charge is 0.338 e. The van der Waals surface area contributed by atoms with Gasteiger partial charge in [-0.15, -0.1) is 0 Å². The van der Waals surface area contributed by atoms with Gasteiger partial charge in [-0.25, -0.2) is 9.59 Å². The number of rotatable bonds is 5. The molecule has 0 atom stereocenters. The minimum absolute atomic E-state index is 0.174. The van der Waals surface area contributed by atoms with Crippen molar-refractivity contribution < 1.29 is 29.3 Å². The first-order chi connectivity index (χ1) is 9.27. The number of benzene rings is 1. The van der Waals surface area contributed by atoms with Gasteiger partial charge in [0.15, 0.2) is 0 Å². The molecule has 1 rings (SSSR count). The van der Waals surface area contributed by atoms with Crippen molar-refractivity contribution in [1.29, 1.82) is 0 Å². The van der Waals surface area contributed by atoms with Crippen LogP contribution in [-0.4, -0.2) is 41.2 Å². The zero-order valence-electron chi connectivity index (χ0n) is 11.3. The Morgan fingerprint density at radius 1 is 1.10 bits per heavy atom. The molecule has 0 saturated heterocycles. The number of carboxylic acid groups (broad SMARTS) is 2. The van der Waals surface area contributed by atoms with E-state index < -0.39 is 23.9 Å². The van der Waals surface area contributed by atoms with Crippen LogP contribution in [0.25, 0.3) is 0 Å². The molecule has 0 aliphatic carbocycles. The molecule has 7 nitrogen and oxygen atoms in total. The molecule has 0 saturated carbocycles. The molecule has 0 aliphatic heterocycles. The number of aliphatic carboxylic acids is 2. The summed E-state index contributed by atoms with van der Waals surface area (Å²) in [4.78, 5) is 33.3. The molecule has 1 amide bonds. The van der Waals surface area contributed by atoms with Crippen LogP contribution in [0.15, 0.2) is 12.1 Å². The van der Waals surface area contributed by atoms with Crippen molar-refractivity contribution in [3.8, 4) is 5.75 Å². The Kier molecular flexibility index (Phi) is 4.68. The molecule has 0 radical (unpaired) electrons. The molecule has 108 valence electrons. The van der Waals surface area contributed by atoms with Crippen molar-refractivity contribution in [3.05, 3.63) is 28.8 Å². The van der Waals surface area contributed by atoms with Gasteiger partial charge < -0.3 is 20.3 Å². The van der Waals surface area contributed by atoms with Crippen molar-refractivity contribution in [1.82, 2.24) is 5.32 Å². The van der Waals surface area contributed by atoms with Crippen molar-refractivity contribution in [2.24, 2.45) is 0 Å². The molecule has 20 heavy (non-hydrogen) atoms. The lowest BCUT2D eigenvalue weighted by Gasteiger charge is -2.13. The van der Waals surface area contributed by atoms with E-state index in [1.54, 1.807) is 13.8 Å². The summed E-state index contributed by atoms with van der Waals surface area (Å²) in [7, 11) is 1.50. The van der Waals surface area contributed by atoms with Crippen LogP contribution in [0.3, 0.4) is 0 Å². The summed E-state index contributed by atoms with van der Waals surface area (Å²) in [6, 6.07) is 1.02. The van der Waals surface area contributed by atoms with Gasteiger partial charge in [0.05, 0.1) is 7.11 Å². The lowest BCUT2D eigenvalue weighted by atomic mass is 10.0. The summed E-state index contributed by atoms with van der Waals surface area (Å²) in [5, 5.41) is 19.4. The van der Waals surface area contributed by atoms with Gasteiger partial charge in [-0.1, -0.05) is 0 Å². The zero-order valence-corrected chi connectivity index (χ0v) is 11.3. The lowest BCUT2D eigenvalue weighted by Crippen LogP contribution is -2.46. The third-order valence-electron chi connectivity index (χ3n) is 2.70. The second-order valence-corrected chi connectivity index (χ2v) is 4.23. The van der Waals surface area contributed by atoms with Crippen LogP contribution in [0.2, 0.25) is 0 Å². The molecule has 0 aliphatic rings. The second-order valence-electron chi connectivity index (χ2n) is 4.23. The van der Waals surface area contributed by atoms with Crippen LogP contribution in [0.5, 0.6) is 5.75 Å². The van der Waals surface area contributed by atoms with Crippen LogP contribution >= 0.6 is 0 Å². The topological polar surface area (TPSA) is 113 Å². The highest BCUT2D eigenvalue weighted by molar-refractivity contribution is 6.04. The fraction of sp³-hybridized carbons (Fsp3) is 0.308. The molecule has 1 aromatic rings. The van der Waals surface area contributed by atoms with E-state index in [1.165, 1.54) is 19.2 Å². The van der Waals surface area contributed by atoms with Gasteiger partial charge in [0.2, 0.25) is 6.04 Å². The molecular weight excluding hydrogens is 266 g/mol. The molecule has 3 N–H and O–H groups in total. The van der Waals surface area contributed by atoms with Gasteiger partial charge >= 0.3 is 11.9 Å². The van der Waals surface area contributed by atoms with E-state index in [1.807, 2.05) is 5.32 Å². The van der Waals surface area contributed by atoms with Gasteiger partial charge in [0, 0.05) is 5.56 Å². The van der Waals surface area contributed by atoms with E-state index in [9.17, 15) is 14.4 Å². The molecule has 0 bridgehead atoms. The maximum atomic E-state index is 11.9. The van der Waals surface area contributed by atoms with Crippen LogP contribution in [0.1, 0.15) is 21.5 Å². The largest absolute Gasteiger partial charge is 0.496 e. The lowest BCUT2D eigenvalue weighted by molar-refractivity contribution is -0.150. The third-order valence-corrected chi connectivity index (χ3v) is 2.70. The van der Waals surface area contributed by atoms with Gasteiger partial charge in [-0.2, -0.15) is 0 Å². The Morgan fingerprint density at radius 2 is 1.55 bits per heavy atom. The second kappa shape index (κ2) is 6.05. The summed E-state index contributed by atoms with van der Waals surface area (Å²) >= 11 is 0. The monoisotopic (exact) mass is 281 g/mol. The predicted molar refractivity (Wildman–Crippen MR) is 69.0 cm³/mol. The molecule has 0 spiro atoms. The Labute approximate surface area is 115 Å². The molecule has 0 fully saturated rings. The van der Waals surface area contributed by atoms with Crippen LogP contribution in [0.4, 0.5) is 0 Å². The summed E-state index contributed by atoms with van der Waals surface area (Å²) in [6.07, 6.45) is 0. The molecule has 0 heterocycles. The predicted octanol–water partition coefficient (Wildman–Crippen LogP) is 0.580. The number of carboxylic acids is 2. The van der Waals surface area contributed by atoms with Crippen LogP contribution in [-0.2, 0) is 9.59 Å². The minimum atomic E-state index is -1.98. The van der Waals surface area contributed by atoms with E-state index >= 15 is 0 Å². The van der Waals surface area contributed by atoms with Crippen molar-refractivity contribution in [3.63, 3.8) is 0 Å². The first-order valence-electron chi connectivity index (χ1n) is 5.69. The van der Waals surface area contributed by atoms with E-state index in [0.717, 1.165) is 0 Å². The molecular formula is C13H15NO6. The van der Waals surface area contributed by atoms with Gasteiger partial charge in [-0.05, 0) is 37.1 Å². The number of hydrogen-bond acceptors (Lipinski definition) is 4. The summed E-state index contributed by atoms with van der Waals surface area (Å²) in [5.41, 5.74) is 1.56. The summed E-state index contributed by atoms with van der Waals surface area (Å²) < 4.78 is 5.15. The third kappa shape index (κ3) is 3.25. The number of amides is 1. The number of carbonyl (C=O) groups is 3. The Hall–Kier alpha value is -2.57. The molecule has 1 aromatic carbocycles. The number of methoxy groups -OCH3 is 1. The molecule has 0 aromatic heterocycles. The standard InChI is InChI=1S/C13H15NO6/c1-6-4-8(5-7(2)10(6)20-3)11(15)14-9(12(16)17)13(18)19/h4-5,9H,1-3H3,(H,14,15)(H,16,17)(H,18,19). The van der Waals surface area contributed by atoms with Crippen LogP contribution in [0, 0.1) is 13.8 Å². The van der Waals surface area contributed by atoms with Gasteiger partial charge in [0.25, 0.3) is 5.91 Å². The Morgan fingerprint density at radius 3 is 1.90 bits per heavy atom.